The van der Waals surface area contributed by atoms with E-state index >= 15 is 0 Å². The van der Waals surface area contributed by atoms with Gasteiger partial charge in [0.1, 0.15) is 36.6 Å². The number of hydrogen-bond donors (Lipinski definition) is 9. The first-order valence-electron chi connectivity index (χ1n) is 18.6. The summed E-state index contributed by atoms with van der Waals surface area (Å²) in [7, 11) is -5.09. The summed E-state index contributed by atoms with van der Waals surface area (Å²) < 4.78 is 22.7. The summed E-state index contributed by atoms with van der Waals surface area (Å²) >= 11 is 0. The molecule has 0 aromatic rings. The van der Waals surface area contributed by atoms with E-state index in [4.69, 9.17) is 9.05 Å². The fourth-order valence-electron chi connectivity index (χ4n) is 6.07. The molecule has 0 radical (unpaired) electrons. The Morgan fingerprint density at radius 2 is 1.04 bits per heavy atom. The normalized spacial score (nSPS) is 26.1. The molecule has 0 aliphatic heterocycles. The second-order valence-corrected chi connectivity index (χ2v) is 15.0. The number of rotatable bonds is 29. The summed E-state index contributed by atoms with van der Waals surface area (Å²) in [5, 5.41) is 73.9. The Labute approximate surface area is 288 Å². The Kier molecular flexibility index (Phi) is 24.7. The van der Waals surface area contributed by atoms with E-state index in [-0.39, 0.29) is 12.8 Å². The van der Waals surface area contributed by atoms with E-state index in [0.29, 0.717) is 12.8 Å². The SMILES string of the molecule is CCCCCCCCCCCC(O)CC(=O)NC(COP(=O)(O)OC1C(O)C(O)C(O)C(O)C1O)C(O)CCCCCCCCCCC. The maximum atomic E-state index is 12.8. The average molecular weight is 714 g/mol. The molecular weight excluding hydrogens is 645 g/mol. The summed E-state index contributed by atoms with van der Waals surface area (Å²) in [5.74, 6) is -0.565. The lowest BCUT2D eigenvalue weighted by Crippen LogP contribution is -2.64. The number of aliphatic hydroxyl groups is 7. The van der Waals surface area contributed by atoms with E-state index < -0.39 is 75.2 Å². The van der Waals surface area contributed by atoms with Gasteiger partial charge in [0.2, 0.25) is 5.91 Å². The lowest BCUT2D eigenvalue weighted by atomic mass is 9.85. The smallest absolute Gasteiger partial charge is 0.393 e. The van der Waals surface area contributed by atoms with E-state index in [0.717, 1.165) is 51.4 Å². The zero-order valence-electron chi connectivity index (χ0n) is 29.4. The summed E-state index contributed by atoms with van der Waals surface area (Å²) in [6.07, 6.45) is 6.32. The van der Waals surface area contributed by atoms with Crippen LogP contribution in [0.5, 0.6) is 0 Å². The molecule has 0 aromatic heterocycles. The molecule has 1 fully saturated rings. The van der Waals surface area contributed by atoms with Crippen molar-refractivity contribution in [3.8, 4) is 0 Å². The van der Waals surface area contributed by atoms with Crippen LogP contribution in [-0.2, 0) is 18.4 Å². The molecule has 1 amide bonds. The zero-order valence-corrected chi connectivity index (χ0v) is 30.3. The van der Waals surface area contributed by atoms with Gasteiger partial charge in [0.25, 0.3) is 0 Å². The van der Waals surface area contributed by atoms with Gasteiger partial charge in [-0.2, -0.15) is 0 Å². The molecule has 8 atom stereocenters. The van der Waals surface area contributed by atoms with Gasteiger partial charge in [-0.3, -0.25) is 13.8 Å². The second-order valence-electron chi connectivity index (χ2n) is 13.6. The fraction of sp³-hybridized carbons (Fsp3) is 0.971. The third-order valence-electron chi connectivity index (χ3n) is 9.22. The van der Waals surface area contributed by atoms with Gasteiger partial charge in [-0.05, 0) is 12.8 Å². The van der Waals surface area contributed by atoms with Crippen molar-refractivity contribution in [2.45, 2.75) is 204 Å². The Balaban J connectivity index is 2.66. The molecule has 0 heterocycles. The maximum absolute atomic E-state index is 12.8. The van der Waals surface area contributed by atoms with Crippen LogP contribution in [0.15, 0.2) is 0 Å². The number of nitrogens with one attached hydrogen (secondary N) is 1. The molecule has 0 saturated heterocycles. The van der Waals surface area contributed by atoms with Crippen LogP contribution in [0.2, 0.25) is 0 Å². The van der Waals surface area contributed by atoms with Crippen molar-refractivity contribution in [3.05, 3.63) is 0 Å². The highest BCUT2D eigenvalue weighted by Crippen LogP contribution is 2.47. The monoisotopic (exact) mass is 713 g/mol. The second kappa shape index (κ2) is 26.1. The van der Waals surface area contributed by atoms with Gasteiger partial charge in [0.05, 0.1) is 31.3 Å². The number of aliphatic hydroxyl groups excluding tert-OH is 7. The highest BCUT2D eigenvalue weighted by molar-refractivity contribution is 7.47. The van der Waals surface area contributed by atoms with Crippen LogP contribution in [0.25, 0.3) is 0 Å². The van der Waals surface area contributed by atoms with Crippen LogP contribution in [0, 0.1) is 0 Å². The van der Waals surface area contributed by atoms with Gasteiger partial charge < -0.3 is 46.0 Å². The lowest BCUT2D eigenvalue weighted by Gasteiger charge is -2.41. The van der Waals surface area contributed by atoms with Crippen molar-refractivity contribution >= 4 is 13.7 Å². The molecule has 13 nitrogen and oxygen atoms in total. The molecule has 0 bridgehead atoms. The summed E-state index contributed by atoms with van der Waals surface area (Å²) in [6, 6.07) is -1.14. The topological polar surface area (TPSA) is 226 Å². The summed E-state index contributed by atoms with van der Waals surface area (Å²) in [4.78, 5) is 23.2. The minimum Gasteiger partial charge on any atom is -0.393 e. The van der Waals surface area contributed by atoms with E-state index in [1.165, 1.54) is 57.8 Å². The number of carbonyl (C=O) groups excluding carboxylic acids is 1. The van der Waals surface area contributed by atoms with Crippen LogP contribution >= 0.6 is 7.82 Å². The van der Waals surface area contributed by atoms with Gasteiger partial charge in [0, 0.05) is 0 Å². The molecule has 48 heavy (non-hydrogen) atoms. The van der Waals surface area contributed by atoms with Crippen molar-refractivity contribution in [1.29, 1.82) is 0 Å². The molecule has 8 unspecified atom stereocenters. The van der Waals surface area contributed by atoms with E-state index in [9.17, 15) is 50.0 Å². The van der Waals surface area contributed by atoms with Crippen molar-refractivity contribution in [2.75, 3.05) is 6.61 Å². The third-order valence-corrected chi connectivity index (χ3v) is 10.2. The number of amides is 1. The standard InChI is InChI=1S/C34H68NO12P/c1-3-5-7-9-11-13-15-17-19-21-25(36)23-28(38)35-26(27(37)22-20-18-16-14-12-10-8-6-4-2)24-46-48(44,45)47-34-32(42)30(40)29(39)31(41)33(34)43/h25-27,29-34,36-37,39-43H,3-24H2,1-2H3,(H,35,38)(H,44,45). The molecule has 1 saturated carbocycles. The van der Waals surface area contributed by atoms with Gasteiger partial charge in [0.15, 0.2) is 0 Å². The molecule has 1 aliphatic rings. The van der Waals surface area contributed by atoms with Crippen LogP contribution < -0.4 is 5.32 Å². The molecule has 9 N–H and O–H groups in total. The molecule has 0 aromatic carbocycles. The third kappa shape index (κ3) is 19.1. The molecule has 1 rings (SSSR count). The highest BCUT2D eigenvalue weighted by Gasteiger charge is 2.51. The van der Waals surface area contributed by atoms with Crippen molar-refractivity contribution in [3.63, 3.8) is 0 Å². The van der Waals surface area contributed by atoms with Crippen LogP contribution in [0.1, 0.15) is 149 Å². The average Bonchev–Trinajstić information content (AvgIpc) is 3.05. The Morgan fingerprint density at radius 1 is 0.646 bits per heavy atom. The maximum Gasteiger partial charge on any atom is 0.472 e. The Morgan fingerprint density at radius 3 is 1.50 bits per heavy atom. The minimum atomic E-state index is -5.09. The number of phosphoric ester groups is 1. The molecule has 1 aliphatic carbocycles. The predicted octanol–water partition coefficient (Wildman–Crippen LogP) is 3.75. The molecular formula is C34H68NO12P. The summed E-state index contributed by atoms with van der Waals surface area (Å²) in [5.41, 5.74) is 0. The highest BCUT2D eigenvalue weighted by atomic mass is 31.2. The Bertz CT molecular complexity index is 854. The molecule has 286 valence electrons. The number of phosphoric acid groups is 1. The van der Waals surface area contributed by atoms with Crippen LogP contribution in [0.4, 0.5) is 0 Å². The first-order valence-corrected chi connectivity index (χ1v) is 20.1. The summed E-state index contributed by atoms with van der Waals surface area (Å²) in [6.45, 7) is 3.68. The zero-order chi connectivity index (χ0) is 36.0. The number of hydrogen-bond acceptors (Lipinski definition) is 11. The quantitative estimate of drug-likeness (QED) is 0.0399. The van der Waals surface area contributed by atoms with E-state index in [2.05, 4.69) is 19.2 Å². The van der Waals surface area contributed by atoms with E-state index in [1.54, 1.807) is 0 Å². The van der Waals surface area contributed by atoms with Gasteiger partial charge >= 0.3 is 7.82 Å². The first kappa shape index (κ1) is 45.3. The van der Waals surface area contributed by atoms with Crippen molar-refractivity contribution in [1.82, 2.24) is 5.32 Å². The van der Waals surface area contributed by atoms with Crippen molar-refractivity contribution < 1.29 is 59.0 Å². The lowest BCUT2D eigenvalue weighted by molar-refractivity contribution is -0.220. The largest absolute Gasteiger partial charge is 0.472 e. The van der Waals surface area contributed by atoms with Gasteiger partial charge in [-0.25, -0.2) is 4.57 Å². The number of unbranched alkanes of at least 4 members (excludes halogenated alkanes) is 16. The Hall–Kier alpha value is -0.700. The van der Waals surface area contributed by atoms with Crippen molar-refractivity contribution in [2.24, 2.45) is 0 Å². The number of carbonyl (C=O) groups is 1. The van der Waals surface area contributed by atoms with Gasteiger partial charge in [-0.1, -0.05) is 129 Å². The van der Waals surface area contributed by atoms with Crippen LogP contribution in [-0.4, -0.2) is 108 Å². The van der Waals surface area contributed by atoms with Crippen LogP contribution in [0.3, 0.4) is 0 Å². The molecule has 0 spiro atoms. The van der Waals surface area contributed by atoms with Gasteiger partial charge in [-0.15, -0.1) is 0 Å². The minimum absolute atomic E-state index is 0.218. The fourth-order valence-corrected chi connectivity index (χ4v) is 7.03. The predicted molar refractivity (Wildman–Crippen MR) is 183 cm³/mol. The first-order chi connectivity index (χ1) is 22.8. The van der Waals surface area contributed by atoms with E-state index in [1.807, 2.05) is 0 Å². The molecule has 14 heteroatoms.